The highest BCUT2D eigenvalue weighted by molar-refractivity contribution is 7.89. The lowest BCUT2D eigenvalue weighted by Crippen LogP contribution is -2.48. The second-order valence-corrected chi connectivity index (χ2v) is 12.8. The molecule has 0 N–H and O–H groups in total. The first kappa shape index (κ1) is 25.3. The van der Waals surface area contributed by atoms with Crippen LogP contribution in [-0.4, -0.2) is 49.3 Å². The molecule has 0 bridgehead atoms. The number of rotatable bonds is 8. The van der Waals surface area contributed by atoms with Gasteiger partial charge >= 0.3 is 0 Å². The Kier molecular flexibility index (Phi) is 7.14. The van der Waals surface area contributed by atoms with Crippen LogP contribution in [0.25, 0.3) is 0 Å². The van der Waals surface area contributed by atoms with Crippen LogP contribution in [0.2, 0.25) is 5.02 Å². The standard InChI is InChI=1S/C27H29ClN2O4S2/c1-18-3-8-22(9-4-18)36(32,33)30(20-5-6-20)16-27(31)29-13-11-26-23(12-14-35-26)25(29)17-34-21-7-10-24(28)19(2)15-21/h3-4,7-10,12,14-15,20,25H,5-6,11,13,16-17H2,1-2H3. The topological polar surface area (TPSA) is 66.9 Å². The molecule has 6 nitrogen and oxygen atoms in total. The molecule has 1 aliphatic carbocycles. The summed E-state index contributed by atoms with van der Waals surface area (Å²) in [5.74, 6) is 0.489. The number of carbonyl (C=O) groups excluding carboxylic acids is 1. The summed E-state index contributed by atoms with van der Waals surface area (Å²) >= 11 is 7.84. The molecule has 2 heterocycles. The molecular weight excluding hydrogens is 516 g/mol. The number of thiophene rings is 1. The number of nitrogens with zero attached hydrogens (tertiary/aromatic N) is 2. The third kappa shape index (κ3) is 5.18. The summed E-state index contributed by atoms with van der Waals surface area (Å²) in [6.07, 6.45) is 2.30. The first-order valence-electron chi connectivity index (χ1n) is 12.1. The highest BCUT2D eigenvalue weighted by Crippen LogP contribution is 2.36. The number of amides is 1. The third-order valence-electron chi connectivity index (χ3n) is 6.83. The van der Waals surface area contributed by atoms with E-state index in [4.69, 9.17) is 16.3 Å². The van der Waals surface area contributed by atoms with E-state index in [-0.39, 0.29) is 36.0 Å². The molecule has 3 aromatic rings. The Morgan fingerprint density at radius 3 is 2.58 bits per heavy atom. The molecule has 1 fully saturated rings. The fraction of sp³-hybridized carbons (Fsp3) is 0.370. The van der Waals surface area contributed by atoms with Crippen LogP contribution in [0.3, 0.4) is 0 Å². The predicted molar refractivity (Wildman–Crippen MR) is 142 cm³/mol. The second-order valence-electron chi connectivity index (χ2n) is 9.47. The van der Waals surface area contributed by atoms with Crippen molar-refractivity contribution in [3.8, 4) is 5.75 Å². The molecule has 1 unspecified atom stereocenters. The highest BCUT2D eigenvalue weighted by atomic mass is 35.5. The van der Waals surface area contributed by atoms with Crippen molar-refractivity contribution in [2.45, 2.75) is 50.1 Å². The van der Waals surface area contributed by atoms with Crippen LogP contribution in [-0.2, 0) is 21.2 Å². The van der Waals surface area contributed by atoms with Crippen molar-refractivity contribution in [1.29, 1.82) is 0 Å². The van der Waals surface area contributed by atoms with Crippen molar-refractivity contribution in [1.82, 2.24) is 9.21 Å². The first-order valence-corrected chi connectivity index (χ1v) is 14.8. The van der Waals surface area contributed by atoms with Crippen LogP contribution >= 0.6 is 22.9 Å². The van der Waals surface area contributed by atoms with Gasteiger partial charge in [-0.1, -0.05) is 29.3 Å². The molecule has 190 valence electrons. The monoisotopic (exact) mass is 544 g/mol. The lowest BCUT2D eigenvalue weighted by atomic mass is 10.0. The van der Waals surface area contributed by atoms with E-state index in [1.165, 1.54) is 9.18 Å². The van der Waals surface area contributed by atoms with Gasteiger partial charge in [-0.05, 0) is 86.0 Å². The number of hydrogen-bond acceptors (Lipinski definition) is 5. The fourth-order valence-corrected chi connectivity index (χ4v) is 7.28. The van der Waals surface area contributed by atoms with E-state index >= 15 is 0 Å². The largest absolute Gasteiger partial charge is 0.491 e. The van der Waals surface area contributed by atoms with Crippen molar-refractivity contribution in [2.24, 2.45) is 0 Å². The third-order valence-corrected chi connectivity index (χ3v) is 10.2. The van der Waals surface area contributed by atoms with Crippen LogP contribution in [0, 0.1) is 13.8 Å². The predicted octanol–water partition coefficient (Wildman–Crippen LogP) is 5.38. The van der Waals surface area contributed by atoms with Gasteiger partial charge in [0.25, 0.3) is 0 Å². The van der Waals surface area contributed by atoms with Gasteiger partial charge in [-0.25, -0.2) is 8.42 Å². The number of ether oxygens (including phenoxy) is 1. The van der Waals surface area contributed by atoms with Gasteiger partial charge < -0.3 is 9.64 Å². The Hall–Kier alpha value is -2.39. The Morgan fingerprint density at radius 1 is 1.14 bits per heavy atom. The highest BCUT2D eigenvalue weighted by Gasteiger charge is 2.41. The van der Waals surface area contributed by atoms with E-state index in [0.717, 1.165) is 36.0 Å². The molecule has 5 rings (SSSR count). The van der Waals surface area contributed by atoms with Crippen LogP contribution in [0.4, 0.5) is 0 Å². The lowest BCUT2D eigenvalue weighted by molar-refractivity contribution is -0.135. The summed E-state index contributed by atoms with van der Waals surface area (Å²) < 4.78 is 34.5. The Morgan fingerprint density at radius 2 is 1.89 bits per heavy atom. The molecule has 0 saturated heterocycles. The van der Waals surface area contributed by atoms with Gasteiger partial charge in [-0.3, -0.25) is 4.79 Å². The average molecular weight is 545 g/mol. The van der Waals surface area contributed by atoms with Crippen molar-refractivity contribution >= 4 is 38.9 Å². The zero-order chi connectivity index (χ0) is 25.4. The summed E-state index contributed by atoms with van der Waals surface area (Å²) in [5, 5.41) is 2.71. The Bertz CT molecular complexity index is 1370. The van der Waals surface area contributed by atoms with Gasteiger partial charge in [0.15, 0.2) is 0 Å². The molecule has 2 aliphatic rings. The number of hydrogen-bond donors (Lipinski definition) is 0. The maximum atomic E-state index is 13.7. The van der Waals surface area contributed by atoms with Crippen LogP contribution in [0.1, 0.15) is 40.5 Å². The minimum absolute atomic E-state index is 0.131. The Balaban J connectivity index is 1.37. The fourth-order valence-electron chi connectivity index (χ4n) is 4.60. The van der Waals surface area contributed by atoms with Crippen LogP contribution < -0.4 is 4.74 Å². The van der Waals surface area contributed by atoms with Crippen molar-refractivity contribution in [3.63, 3.8) is 0 Å². The van der Waals surface area contributed by atoms with Crippen LogP contribution in [0.5, 0.6) is 5.75 Å². The van der Waals surface area contributed by atoms with Gasteiger partial charge in [0, 0.05) is 22.5 Å². The van der Waals surface area contributed by atoms with E-state index in [1.54, 1.807) is 46.6 Å². The maximum absolute atomic E-state index is 13.7. The number of carbonyl (C=O) groups is 1. The van der Waals surface area contributed by atoms with Crippen molar-refractivity contribution in [3.05, 3.63) is 80.5 Å². The lowest BCUT2D eigenvalue weighted by Gasteiger charge is -2.37. The summed E-state index contributed by atoms with van der Waals surface area (Å²) in [6, 6.07) is 13.9. The smallest absolute Gasteiger partial charge is 0.243 e. The van der Waals surface area contributed by atoms with Gasteiger partial charge in [0.05, 0.1) is 17.5 Å². The molecule has 1 atom stereocenters. The number of sulfonamides is 1. The summed E-state index contributed by atoms with van der Waals surface area (Å²) in [6.45, 7) is 4.48. The van der Waals surface area contributed by atoms with E-state index in [2.05, 4.69) is 0 Å². The van der Waals surface area contributed by atoms with Crippen LogP contribution in [0.15, 0.2) is 58.8 Å². The molecule has 1 aromatic heterocycles. The molecular formula is C27H29ClN2O4S2. The normalized spacial score (nSPS) is 17.8. The molecule has 1 aliphatic heterocycles. The van der Waals surface area contributed by atoms with Gasteiger partial charge in [-0.15, -0.1) is 11.3 Å². The van der Waals surface area contributed by atoms with Gasteiger partial charge in [0.1, 0.15) is 12.4 Å². The molecule has 1 saturated carbocycles. The van der Waals surface area contributed by atoms with E-state index in [9.17, 15) is 13.2 Å². The zero-order valence-corrected chi connectivity index (χ0v) is 22.7. The molecule has 1 amide bonds. The SMILES string of the molecule is Cc1ccc(S(=O)(=O)N(CC(=O)N2CCc3sccc3C2COc2ccc(Cl)c(C)c2)C2CC2)cc1. The van der Waals surface area contributed by atoms with E-state index in [0.29, 0.717) is 17.3 Å². The average Bonchev–Trinajstić information content (AvgIpc) is 3.58. The molecule has 0 radical (unpaired) electrons. The first-order chi connectivity index (χ1) is 17.2. The summed E-state index contributed by atoms with van der Waals surface area (Å²) in [5.41, 5.74) is 2.98. The van der Waals surface area contributed by atoms with Crippen molar-refractivity contribution < 1.29 is 17.9 Å². The second kappa shape index (κ2) is 10.2. The Labute approximate surface area is 221 Å². The quantitative estimate of drug-likeness (QED) is 0.382. The molecule has 9 heteroatoms. The number of aryl methyl sites for hydroxylation is 2. The minimum Gasteiger partial charge on any atom is -0.491 e. The number of fused-ring (bicyclic) bond motifs is 1. The number of halogens is 1. The summed E-state index contributed by atoms with van der Waals surface area (Å²) in [4.78, 5) is 16.9. The molecule has 36 heavy (non-hydrogen) atoms. The molecule has 2 aromatic carbocycles. The minimum atomic E-state index is -3.78. The van der Waals surface area contributed by atoms with Gasteiger partial charge in [0.2, 0.25) is 15.9 Å². The summed E-state index contributed by atoms with van der Waals surface area (Å²) in [7, 11) is -3.78. The maximum Gasteiger partial charge on any atom is 0.243 e. The van der Waals surface area contributed by atoms with E-state index < -0.39 is 10.0 Å². The molecule has 0 spiro atoms. The zero-order valence-electron chi connectivity index (χ0n) is 20.3. The number of benzene rings is 2. The van der Waals surface area contributed by atoms with Gasteiger partial charge in [-0.2, -0.15) is 4.31 Å². The van der Waals surface area contributed by atoms with Crippen molar-refractivity contribution in [2.75, 3.05) is 19.7 Å². The van der Waals surface area contributed by atoms with E-state index in [1.807, 2.05) is 37.4 Å².